The molecule has 1 aromatic carbocycles. The molecule has 3 heterocycles. The van der Waals surface area contributed by atoms with Gasteiger partial charge in [0.25, 0.3) is 5.56 Å². The molecule has 1 fully saturated rings. The number of nitrogens with zero attached hydrogens (tertiary/aromatic N) is 2. The standard InChI is InChI=1S/C21H22FN3O2S2/c22-15-8-6-14(7-9-15)16-12-28-20-18(16)19(27)23-21(24-20)29-13-17(26)25-10-4-2-1-3-5-11-25/h6-9,12H,1-5,10-11,13H2,(H,23,24,27). The third-order valence-electron chi connectivity index (χ3n) is 5.12. The Morgan fingerprint density at radius 3 is 2.55 bits per heavy atom. The monoisotopic (exact) mass is 431 g/mol. The summed E-state index contributed by atoms with van der Waals surface area (Å²) in [6.45, 7) is 1.63. The SMILES string of the molecule is O=C(CSc1nc2scc(-c3ccc(F)cc3)c2c(=O)[nH]1)N1CCCCCCC1. The van der Waals surface area contributed by atoms with Gasteiger partial charge in [-0.1, -0.05) is 43.2 Å². The lowest BCUT2D eigenvalue weighted by Gasteiger charge is -2.24. The zero-order valence-electron chi connectivity index (χ0n) is 15.9. The van der Waals surface area contributed by atoms with Crippen molar-refractivity contribution in [3.8, 4) is 11.1 Å². The maximum absolute atomic E-state index is 13.2. The highest BCUT2D eigenvalue weighted by atomic mass is 32.2. The normalized spacial score (nSPS) is 15.3. The average molecular weight is 432 g/mol. The fraction of sp³-hybridized carbons (Fsp3) is 0.381. The van der Waals surface area contributed by atoms with E-state index in [1.165, 1.54) is 54.5 Å². The van der Waals surface area contributed by atoms with E-state index < -0.39 is 0 Å². The van der Waals surface area contributed by atoms with E-state index in [2.05, 4.69) is 9.97 Å². The predicted molar refractivity (Wildman–Crippen MR) is 116 cm³/mol. The van der Waals surface area contributed by atoms with Crippen molar-refractivity contribution in [3.05, 3.63) is 45.8 Å². The van der Waals surface area contributed by atoms with Gasteiger partial charge in [0.1, 0.15) is 10.6 Å². The number of amides is 1. The highest BCUT2D eigenvalue weighted by molar-refractivity contribution is 7.99. The summed E-state index contributed by atoms with van der Waals surface area (Å²) >= 11 is 2.64. The summed E-state index contributed by atoms with van der Waals surface area (Å²) in [6.07, 6.45) is 5.72. The van der Waals surface area contributed by atoms with E-state index >= 15 is 0 Å². The minimum absolute atomic E-state index is 0.0952. The van der Waals surface area contributed by atoms with Gasteiger partial charge < -0.3 is 9.88 Å². The number of aromatic nitrogens is 2. The molecule has 2 aromatic heterocycles. The highest BCUT2D eigenvalue weighted by Crippen LogP contribution is 2.31. The fourth-order valence-corrected chi connectivity index (χ4v) is 5.33. The first-order valence-corrected chi connectivity index (χ1v) is 11.7. The van der Waals surface area contributed by atoms with E-state index in [-0.39, 0.29) is 23.0 Å². The lowest BCUT2D eigenvalue weighted by molar-refractivity contribution is -0.128. The molecule has 0 spiro atoms. The van der Waals surface area contributed by atoms with E-state index in [0.29, 0.717) is 15.4 Å². The van der Waals surface area contributed by atoms with Crippen LogP contribution in [0.1, 0.15) is 32.1 Å². The third-order valence-corrected chi connectivity index (χ3v) is 6.85. The zero-order valence-corrected chi connectivity index (χ0v) is 17.6. The van der Waals surface area contributed by atoms with Crippen molar-refractivity contribution in [2.45, 2.75) is 37.3 Å². The maximum Gasteiger partial charge on any atom is 0.260 e. The molecule has 0 radical (unpaired) electrons. The Morgan fingerprint density at radius 2 is 1.83 bits per heavy atom. The van der Waals surface area contributed by atoms with Crippen LogP contribution in [0.5, 0.6) is 0 Å². The molecule has 4 rings (SSSR count). The molecule has 0 bridgehead atoms. The van der Waals surface area contributed by atoms with Crippen LogP contribution in [0.25, 0.3) is 21.3 Å². The molecule has 0 aliphatic carbocycles. The third kappa shape index (κ3) is 4.70. The minimum atomic E-state index is -0.316. The van der Waals surface area contributed by atoms with Crippen LogP contribution >= 0.6 is 23.1 Å². The number of likely N-dealkylation sites (tertiary alicyclic amines) is 1. The Bertz CT molecular complexity index is 1050. The van der Waals surface area contributed by atoms with Gasteiger partial charge in [0.05, 0.1) is 11.1 Å². The molecule has 0 saturated carbocycles. The van der Waals surface area contributed by atoms with E-state index in [9.17, 15) is 14.0 Å². The Kier molecular flexibility index (Phi) is 6.30. The molecule has 5 nitrogen and oxygen atoms in total. The molecule has 3 aromatic rings. The fourth-order valence-electron chi connectivity index (χ4n) is 3.56. The summed E-state index contributed by atoms with van der Waals surface area (Å²) in [5, 5.41) is 2.82. The van der Waals surface area contributed by atoms with Gasteiger partial charge >= 0.3 is 0 Å². The molecule has 1 saturated heterocycles. The number of hydrogen-bond donors (Lipinski definition) is 1. The van der Waals surface area contributed by atoms with Crippen LogP contribution in [0.2, 0.25) is 0 Å². The van der Waals surface area contributed by atoms with E-state index in [1.54, 1.807) is 12.1 Å². The first-order chi connectivity index (χ1) is 14.1. The number of benzene rings is 1. The molecule has 8 heteroatoms. The Morgan fingerprint density at radius 1 is 1.14 bits per heavy atom. The van der Waals surface area contributed by atoms with Gasteiger partial charge in [0.15, 0.2) is 5.16 Å². The van der Waals surface area contributed by atoms with E-state index in [0.717, 1.165) is 37.1 Å². The van der Waals surface area contributed by atoms with E-state index in [4.69, 9.17) is 0 Å². The van der Waals surface area contributed by atoms with Gasteiger partial charge in [-0.2, -0.15) is 0 Å². The molecular formula is C21H22FN3O2S2. The van der Waals surface area contributed by atoms with Gasteiger partial charge in [-0.15, -0.1) is 11.3 Å². The molecule has 1 aliphatic rings. The molecule has 152 valence electrons. The number of carbonyl (C=O) groups is 1. The second kappa shape index (κ2) is 9.09. The first-order valence-electron chi connectivity index (χ1n) is 9.80. The summed E-state index contributed by atoms with van der Waals surface area (Å²) in [7, 11) is 0. The van der Waals surface area contributed by atoms with Crippen LogP contribution < -0.4 is 5.56 Å². The van der Waals surface area contributed by atoms with Crippen molar-refractivity contribution in [1.82, 2.24) is 14.9 Å². The first kappa shape index (κ1) is 20.1. The lowest BCUT2D eigenvalue weighted by atomic mass is 10.1. The number of thiophene rings is 1. The van der Waals surface area contributed by atoms with Crippen LogP contribution in [-0.4, -0.2) is 39.6 Å². The smallest absolute Gasteiger partial charge is 0.260 e. The molecule has 1 amide bonds. The second-order valence-corrected chi connectivity index (χ2v) is 8.97. The quantitative estimate of drug-likeness (QED) is 0.481. The Balaban J connectivity index is 1.50. The highest BCUT2D eigenvalue weighted by Gasteiger charge is 2.17. The van der Waals surface area contributed by atoms with Gasteiger partial charge in [-0.25, -0.2) is 9.37 Å². The van der Waals surface area contributed by atoms with Gasteiger partial charge in [0, 0.05) is 24.0 Å². The van der Waals surface area contributed by atoms with Crippen molar-refractivity contribution in [1.29, 1.82) is 0 Å². The second-order valence-electron chi connectivity index (χ2n) is 7.14. The van der Waals surface area contributed by atoms with Crippen molar-refractivity contribution < 1.29 is 9.18 Å². The van der Waals surface area contributed by atoms with Crippen molar-refractivity contribution in [2.24, 2.45) is 0 Å². The maximum atomic E-state index is 13.2. The van der Waals surface area contributed by atoms with Crippen molar-refractivity contribution in [3.63, 3.8) is 0 Å². The summed E-state index contributed by atoms with van der Waals surface area (Å²) in [5.74, 6) is 0.0477. The molecule has 1 aliphatic heterocycles. The number of carbonyl (C=O) groups excluding carboxylic acids is 1. The van der Waals surface area contributed by atoms with Crippen LogP contribution in [0.15, 0.2) is 39.6 Å². The van der Waals surface area contributed by atoms with Crippen LogP contribution in [0.4, 0.5) is 4.39 Å². The number of nitrogens with one attached hydrogen (secondary N) is 1. The number of rotatable bonds is 4. The molecule has 1 N–H and O–H groups in total. The predicted octanol–water partition coefficient (Wildman–Crippen LogP) is 4.68. The van der Waals surface area contributed by atoms with Crippen LogP contribution in [0, 0.1) is 5.82 Å². The van der Waals surface area contributed by atoms with Crippen LogP contribution in [0.3, 0.4) is 0 Å². The number of fused-ring (bicyclic) bond motifs is 1. The largest absolute Gasteiger partial charge is 0.342 e. The van der Waals surface area contributed by atoms with E-state index in [1.807, 2.05) is 10.3 Å². The molecule has 0 unspecified atom stereocenters. The summed E-state index contributed by atoms with van der Waals surface area (Å²) in [5.41, 5.74) is 1.28. The van der Waals surface area contributed by atoms with Gasteiger partial charge in [-0.3, -0.25) is 9.59 Å². The number of aromatic amines is 1. The lowest BCUT2D eigenvalue weighted by Crippen LogP contribution is -2.35. The summed E-state index contributed by atoms with van der Waals surface area (Å²) in [4.78, 5) is 35.1. The number of H-pyrrole nitrogens is 1. The van der Waals surface area contributed by atoms with Gasteiger partial charge in [-0.05, 0) is 30.5 Å². The minimum Gasteiger partial charge on any atom is -0.342 e. The van der Waals surface area contributed by atoms with Crippen molar-refractivity contribution >= 4 is 39.2 Å². The number of hydrogen-bond acceptors (Lipinski definition) is 5. The Labute approximate surface area is 176 Å². The number of halogens is 1. The average Bonchev–Trinajstić information content (AvgIpc) is 3.11. The molecule has 0 atom stereocenters. The molecular weight excluding hydrogens is 409 g/mol. The van der Waals surface area contributed by atoms with Crippen molar-refractivity contribution in [2.75, 3.05) is 18.8 Å². The summed E-state index contributed by atoms with van der Waals surface area (Å²) < 4.78 is 13.2. The number of thioether (sulfide) groups is 1. The zero-order chi connectivity index (χ0) is 20.2. The topological polar surface area (TPSA) is 66.1 Å². The van der Waals surface area contributed by atoms with Gasteiger partial charge in [0.2, 0.25) is 5.91 Å². The molecule has 29 heavy (non-hydrogen) atoms. The van der Waals surface area contributed by atoms with Crippen LogP contribution in [-0.2, 0) is 4.79 Å². The Hall–Kier alpha value is -2.19. The summed E-state index contributed by atoms with van der Waals surface area (Å²) in [6, 6.07) is 6.06.